The first-order valence-corrected chi connectivity index (χ1v) is 8.68. The number of hydrogen-bond donors (Lipinski definition) is 2. The SMILES string of the molecule is O=C(O)CCOC1CCN(C(=O)NCC2CCCS2)CC1. The second kappa shape index (κ2) is 8.48. The van der Waals surface area contributed by atoms with E-state index in [0.29, 0.717) is 18.3 Å². The molecule has 2 amide bonds. The van der Waals surface area contributed by atoms with Crippen molar-refractivity contribution in [1.29, 1.82) is 0 Å². The van der Waals surface area contributed by atoms with Gasteiger partial charge in [0.1, 0.15) is 0 Å². The van der Waals surface area contributed by atoms with Crippen LogP contribution in [0.3, 0.4) is 0 Å². The number of likely N-dealkylation sites (tertiary alicyclic amines) is 1. The zero-order chi connectivity index (χ0) is 15.1. The Labute approximate surface area is 129 Å². The van der Waals surface area contributed by atoms with E-state index in [1.807, 2.05) is 16.7 Å². The third-order valence-corrected chi connectivity index (χ3v) is 5.30. The van der Waals surface area contributed by atoms with Gasteiger partial charge in [-0.3, -0.25) is 4.79 Å². The minimum absolute atomic E-state index is 0.0199. The number of amides is 2. The topological polar surface area (TPSA) is 78.9 Å². The highest BCUT2D eigenvalue weighted by atomic mass is 32.2. The van der Waals surface area contributed by atoms with Gasteiger partial charge in [-0.05, 0) is 31.4 Å². The van der Waals surface area contributed by atoms with Crippen molar-refractivity contribution in [3.05, 3.63) is 0 Å². The average molecular weight is 316 g/mol. The molecule has 2 saturated heterocycles. The summed E-state index contributed by atoms with van der Waals surface area (Å²) in [4.78, 5) is 24.3. The average Bonchev–Trinajstić information content (AvgIpc) is 2.98. The fourth-order valence-corrected chi connectivity index (χ4v) is 3.86. The lowest BCUT2D eigenvalue weighted by atomic mass is 10.1. The number of carboxylic acid groups (broad SMARTS) is 1. The summed E-state index contributed by atoms with van der Waals surface area (Å²) >= 11 is 1.94. The number of carbonyl (C=O) groups is 2. The van der Waals surface area contributed by atoms with Gasteiger partial charge in [0, 0.05) is 24.9 Å². The number of ether oxygens (including phenoxy) is 1. The van der Waals surface area contributed by atoms with Crippen molar-refractivity contribution in [1.82, 2.24) is 10.2 Å². The van der Waals surface area contributed by atoms with Crippen molar-refractivity contribution in [2.24, 2.45) is 0 Å². The number of thioether (sulfide) groups is 1. The molecular formula is C14H24N2O4S. The Morgan fingerprint density at radius 3 is 2.67 bits per heavy atom. The van der Waals surface area contributed by atoms with Crippen molar-refractivity contribution in [3.8, 4) is 0 Å². The van der Waals surface area contributed by atoms with E-state index >= 15 is 0 Å². The van der Waals surface area contributed by atoms with Gasteiger partial charge < -0.3 is 20.1 Å². The Kier molecular flexibility index (Phi) is 6.63. The smallest absolute Gasteiger partial charge is 0.317 e. The fraction of sp³-hybridized carbons (Fsp3) is 0.857. The molecule has 0 aromatic carbocycles. The predicted molar refractivity (Wildman–Crippen MR) is 81.7 cm³/mol. The lowest BCUT2D eigenvalue weighted by Crippen LogP contribution is -2.47. The Hall–Kier alpha value is -0.950. The number of urea groups is 1. The molecule has 2 rings (SSSR count). The molecular weight excluding hydrogens is 292 g/mol. The molecule has 120 valence electrons. The van der Waals surface area contributed by atoms with Crippen LogP contribution in [0.5, 0.6) is 0 Å². The zero-order valence-electron chi connectivity index (χ0n) is 12.3. The molecule has 1 atom stereocenters. The van der Waals surface area contributed by atoms with Crippen LogP contribution in [0.15, 0.2) is 0 Å². The molecule has 0 saturated carbocycles. The molecule has 0 aromatic heterocycles. The van der Waals surface area contributed by atoms with E-state index in [0.717, 1.165) is 19.4 Å². The summed E-state index contributed by atoms with van der Waals surface area (Å²) in [5.74, 6) is 0.371. The molecule has 0 aliphatic carbocycles. The van der Waals surface area contributed by atoms with E-state index in [-0.39, 0.29) is 25.2 Å². The van der Waals surface area contributed by atoms with Gasteiger partial charge in [-0.2, -0.15) is 11.8 Å². The zero-order valence-corrected chi connectivity index (χ0v) is 13.1. The second-order valence-electron chi connectivity index (χ2n) is 5.52. The summed E-state index contributed by atoms with van der Waals surface area (Å²) in [5, 5.41) is 12.2. The van der Waals surface area contributed by atoms with Crippen LogP contribution in [0, 0.1) is 0 Å². The molecule has 2 aliphatic heterocycles. The summed E-state index contributed by atoms with van der Waals surface area (Å²) in [6.07, 6.45) is 4.14. The monoisotopic (exact) mass is 316 g/mol. The molecule has 0 radical (unpaired) electrons. The van der Waals surface area contributed by atoms with E-state index in [9.17, 15) is 9.59 Å². The van der Waals surface area contributed by atoms with Crippen LogP contribution in [-0.4, -0.2) is 65.4 Å². The van der Waals surface area contributed by atoms with Gasteiger partial charge in [0.15, 0.2) is 0 Å². The van der Waals surface area contributed by atoms with Crippen LogP contribution in [0.2, 0.25) is 0 Å². The van der Waals surface area contributed by atoms with E-state index < -0.39 is 5.97 Å². The molecule has 7 heteroatoms. The van der Waals surface area contributed by atoms with E-state index in [2.05, 4.69) is 5.32 Å². The minimum atomic E-state index is -0.836. The van der Waals surface area contributed by atoms with Crippen LogP contribution in [0.25, 0.3) is 0 Å². The third-order valence-electron chi connectivity index (χ3n) is 3.90. The molecule has 2 N–H and O–H groups in total. The first-order valence-electron chi connectivity index (χ1n) is 7.63. The highest BCUT2D eigenvalue weighted by Crippen LogP contribution is 2.25. The molecule has 2 aliphatic rings. The Morgan fingerprint density at radius 2 is 2.05 bits per heavy atom. The minimum Gasteiger partial charge on any atom is -0.481 e. The molecule has 1 unspecified atom stereocenters. The Bertz CT molecular complexity index is 353. The fourth-order valence-electron chi connectivity index (χ4n) is 2.66. The van der Waals surface area contributed by atoms with Gasteiger partial charge in [0.05, 0.1) is 19.1 Å². The summed E-state index contributed by atoms with van der Waals surface area (Å²) in [5.41, 5.74) is 0. The van der Waals surface area contributed by atoms with Crippen LogP contribution in [0.4, 0.5) is 4.79 Å². The summed E-state index contributed by atoms with van der Waals surface area (Å²) in [7, 11) is 0. The maximum atomic E-state index is 12.1. The van der Waals surface area contributed by atoms with Gasteiger partial charge in [0.25, 0.3) is 0 Å². The lowest BCUT2D eigenvalue weighted by Gasteiger charge is -2.32. The van der Waals surface area contributed by atoms with Crippen molar-refractivity contribution in [2.45, 2.75) is 43.5 Å². The van der Waals surface area contributed by atoms with Gasteiger partial charge in [-0.1, -0.05) is 0 Å². The molecule has 0 aromatic rings. The van der Waals surface area contributed by atoms with Crippen molar-refractivity contribution in [2.75, 3.05) is 32.0 Å². The van der Waals surface area contributed by atoms with Crippen molar-refractivity contribution >= 4 is 23.8 Å². The molecule has 0 spiro atoms. The van der Waals surface area contributed by atoms with Crippen molar-refractivity contribution < 1.29 is 19.4 Å². The van der Waals surface area contributed by atoms with Crippen LogP contribution >= 0.6 is 11.8 Å². The van der Waals surface area contributed by atoms with E-state index in [1.165, 1.54) is 18.6 Å². The van der Waals surface area contributed by atoms with Crippen LogP contribution in [-0.2, 0) is 9.53 Å². The standard InChI is InChI=1S/C14H24N2O4S/c17-13(18)5-8-20-11-3-6-16(7-4-11)14(19)15-10-12-2-1-9-21-12/h11-12H,1-10H2,(H,15,19)(H,17,18). The highest BCUT2D eigenvalue weighted by molar-refractivity contribution is 8.00. The summed E-state index contributed by atoms with van der Waals surface area (Å²) < 4.78 is 5.52. The maximum Gasteiger partial charge on any atom is 0.317 e. The Morgan fingerprint density at radius 1 is 1.29 bits per heavy atom. The number of aliphatic carboxylic acids is 1. The Balaban J connectivity index is 1.59. The van der Waals surface area contributed by atoms with Crippen molar-refractivity contribution in [3.63, 3.8) is 0 Å². The predicted octanol–water partition coefficient (Wildman–Crippen LogP) is 1.55. The van der Waals surface area contributed by atoms with Gasteiger partial charge in [-0.25, -0.2) is 4.79 Å². The number of rotatable bonds is 6. The normalized spacial score (nSPS) is 23.2. The number of nitrogens with zero attached hydrogens (tertiary/aromatic N) is 1. The van der Waals surface area contributed by atoms with Crippen LogP contribution < -0.4 is 5.32 Å². The summed E-state index contributed by atoms with van der Waals surface area (Å²) in [6, 6.07) is 0.0199. The van der Waals surface area contributed by atoms with Gasteiger partial charge >= 0.3 is 12.0 Å². The highest BCUT2D eigenvalue weighted by Gasteiger charge is 2.24. The maximum absolute atomic E-state index is 12.1. The first-order chi connectivity index (χ1) is 10.1. The van der Waals surface area contributed by atoms with Gasteiger partial charge in [-0.15, -0.1) is 0 Å². The van der Waals surface area contributed by atoms with E-state index in [1.54, 1.807) is 0 Å². The number of carboxylic acids is 1. The van der Waals surface area contributed by atoms with Gasteiger partial charge in [0.2, 0.25) is 0 Å². The molecule has 6 nitrogen and oxygen atoms in total. The molecule has 2 heterocycles. The quantitative estimate of drug-likeness (QED) is 0.777. The largest absolute Gasteiger partial charge is 0.481 e. The molecule has 2 fully saturated rings. The molecule has 21 heavy (non-hydrogen) atoms. The molecule has 0 bridgehead atoms. The second-order valence-corrected chi connectivity index (χ2v) is 6.93. The summed E-state index contributed by atoms with van der Waals surface area (Å²) in [6.45, 7) is 2.38. The number of hydrogen-bond acceptors (Lipinski definition) is 4. The third kappa shape index (κ3) is 5.74. The number of nitrogens with one attached hydrogen (secondary N) is 1. The van der Waals surface area contributed by atoms with E-state index in [4.69, 9.17) is 9.84 Å². The van der Waals surface area contributed by atoms with Crippen LogP contribution in [0.1, 0.15) is 32.1 Å². The number of piperidine rings is 1. The first kappa shape index (κ1) is 16.4. The number of carbonyl (C=O) groups excluding carboxylic acids is 1. The lowest BCUT2D eigenvalue weighted by molar-refractivity contribution is -0.138.